The van der Waals surface area contributed by atoms with Gasteiger partial charge < -0.3 is 10.2 Å². The Hall–Kier alpha value is -0.0800. The lowest BCUT2D eigenvalue weighted by Crippen LogP contribution is -2.35. The van der Waals surface area contributed by atoms with E-state index in [-0.39, 0.29) is 0 Å². The molecule has 2 aliphatic rings. The van der Waals surface area contributed by atoms with Crippen LogP contribution in [0.5, 0.6) is 0 Å². The molecule has 3 atom stereocenters. The summed E-state index contributed by atoms with van der Waals surface area (Å²) >= 11 is 0. The van der Waals surface area contributed by atoms with Gasteiger partial charge in [-0.15, -0.1) is 0 Å². The van der Waals surface area contributed by atoms with E-state index in [0.29, 0.717) is 0 Å². The second kappa shape index (κ2) is 6.02. The highest BCUT2D eigenvalue weighted by molar-refractivity contribution is 4.79. The van der Waals surface area contributed by atoms with Gasteiger partial charge in [-0.05, 0) is 63.6 Å². The minimum absolute atomic E-state index is 0.814. The molecule has 1 aliphatic heterocycles. The van der Waals surface area contributed by atoms with Crippen LogP contribution in [0.4, 0.5) is 0 Å². The summed E-state index contributed by atoms with van der Waals surface area (Å²) in [6.07, 6.45) is 7.06. The number of hydrogen-bond donors (Lipinski definition) is 1. The van der Waals surface area contributed by atoms with Crippen molar-refractivity contribution in [1.82, 2.24) is 10.2 Å². The Balaban J connectivity index is 1.58. The lowest BCUT2D eigenvalue weighted by Gasteiger charge is -2.22. The molecule has 16 heavy (non-hydrogen) atoms. The van der Waals surface area contributed by atoms with Crippen LogP contribution in [0.3, 0.4) is 0 Å². The summed E-state index contributed by atoms with van der Waals surface area (Å²) in [5, 5.41) is 3.76. The summed E-state index contributed by atoms with van der Waals surface area (Å²) in [6.45, 7) is 9.97. The predicted octanol–water partition coefficient (Wildman–Crippen LogP) is 2.50. The first kappa shape index (κ1) is 12.4. The van der Waals surface area contributed by atoms with Crippen LogP contribution in [-0.4, -0.2) is 37.1 Å². The molecule has 2 heteroatoms. The minimum atomic E-state index is 0.814. The molecule has 1 saturated carbocycles. The fraction of sp³-hybridized carbons (Fsp3) is 1.00. The molecule has 0 amide bonds. The molecule has 0 spiro atoms. The van der Waals surface area contributed by atoms with Gasteiger partial charge >= 0.3 is 0 Å². The first-order valence-corrected chi connectivity index (χ1v) is 7.20. The Morgan fingerprint density at radius 3 is 2.62 bits per heavy atom. The van der Waals surface area contributed by atoms with Gasteiger partial charge in [0.15, 0.2) is 0 Å². The maximum absolute atomic E-state index is 3.76. The zero-order chi connectivity index (χ0) is 11.4. The van der Waals surface area contributed by atoms with Gasteiger partial charge in [0.2, 0.25) is 0 Å². The normalized spacial score (nSPS) is 33.4. The van der Waals surface area contributed by atoms with E-state index in [1.54, 1.807) is 0 Å². The molecule has 0 aromatic carbocycles. The predicted molar refractivity (Wildman–Crippen MR) is 69.6 cm³/mol. The van der Waals surface area contributed by atoms with Crippen LogP contribution >= 0.6 is 0 Å². The zero-order valence-corrected chi connectivity index (χ0v) is 11.0. The van der Waals surface area contributed by atoms with E-state index >= 15 is 0 Å². The first-order valence-electron chi connectivity index (χ1n) is 7.20. The van der Waals surface area contributed by atoms with Gasteiger partial charge in [-0.3, -0.25) is 0 Å². The van der Waals surface area contributed by atoms with Gasteiger partial charge in [0, 0.05) is 12.6 Å². The van der Waals surface area contributed by atoms with Gasteiger partial charge in [-0.1, -0.05) is 13.8 Å². The van der Waals surface area contributed by atoms with Crippen molar-refractivity contribution in [1.29, 1.82) is 0 Å². The van der Waals surface area contributed by atoms with Crippen molar-refractivity contribution in [2.45, 2.75) is 52.0 Å². The fourth-order valence-corrected chi connectivity index (χ4v) is 3.23. The highest BCUT2D eigenvalue weighted by atomic mass is 15.1. The highest BCUT2D eigenvalue weighted by Gasteiger charge is 2.21. The van der Waals surface area contributed by atoms with Crippen LogP contribution in [0.2, 0.25) is 0 Å². The molecule has 0 aromatic rings. The summed E-state index contributed by atoms with van der Waals surface area (Å²) < 4.78 is 0. The third-order valence-electron chi connectivity index (χ3n) is 4.22. The third-order valence-corrected chi connectivity index (χ3v) is 4.22. The van der Waals surface area contributed by atoms with Crippen molar-refractivity contribution in [2.75, 3.05) is 26.2 Å². The van der Waals surface area contributed by atoms with Gasteiger partial charge in [-0.2, -0.15) is 0 Å². The quantitative estimate of drug-likeness (QED) is 0.772. The zero-order valence-electron chi connectivity index (χ0n) is 11.0. The summed E-state index contributed by atoms with van der Waals surface area (Å²) in [4.78, 5) is 2.63. The van der Waals surface area contributed by atoms with Crippen LogP contribution in [-0.2, 0) is 0 Å². The van der Waals surface area contributed by atoms with E-state index in [1.165, 1.54) is 58.3 Å². The number of likely N-dealkylation sites (tertiary alicyclic amines) is 1. The molecule has 1 aliphatic carbocycles. The largest absolute Gasteiger partial charge is 0.314 e. The number of hydrogen-bond acceptors (Lipinski definition) is 2. The van der Waals surface area contributed by atoms with Crippen molar-refractivity contribution in [3.05, 3.63) is 0 Å². The molecule has 0 bridgehead atoms. The van der Waals surface area contributed by atoms with Crippen LogP contribution in [0.15, 0.2) is 0 Å². The van der Waals surface area contributed by atoms with Gasteiger partial charge in [0.1, 0.15) is 0 Å². The molecule has 2 rings (SSSR count). The van der Waals surface area contributed by atoms with Gasteiger partial charge in [0.25, 0.3) is 0 Å². The second-order valence-corrected chi connectivity index (χ2v) is 6.14. The van der Waals surface area contributed by atoms with Crippen molar-refractivity contribution in [3.8, 4) is 0 Å². The summed E-state index contributed by atoms with van der Waals surface area (Å²) in [5.74, 6) is 1.76. The van der Waals surface area contributed by atoms with Crippen LogP contribution in [0, 0.1) is 11.8 Å². The summed E-state index contributed by atoms with van der Waals surface area (Å²) in [6, 6.07) is 0.816. The molecule has 0 radical (unpaired) electrons. The highest BCUT2D eigenvalue weighted by Crippen LogP contribution is 2.24. The van der Waals surface area contributed by atoms with Crippen molar-refractivity contribution < 1.29 is 0 Å². The van der Waals surface area contributed by atoms with Gasteiger partial charge in [0.05, 0.1) is 0 Å². The van der Waals surface area contributed by atoms with Crippen LogP contribution < -0.4 is 5.32 Å². The van der Waals surface area contributed by atoms with E-state index in [1.807, 2.05) is 0 Å². The molecule has 2 nitrogen and oxygen atoms in total. The molecule has 94 valence electrons. The molecular formula is C14H28N2. The maximum Gasteiger partial charge on any atom is 0.00698 e. The Kier molecular flexibility index (Phi) is 4.66. The topological polar surface area (TPSA) is 15.3 Å². The van der Waals surface area contributed by atoms with Crippen LogP contribution in [0.25, 0.3) is 0 Å². The number of nitrogens with zero attached hydrogens (tertiary/aromatic N) is 1. The molecule has 0 aromatic heterocycles. The van der Waals surface area contributed by atoms with E-state index in [9.17, 15) is 0 Å². The summed E-state index contributed by atoms with van der Waals surface area (Å²) in [7, 11) is 0. The Morgan fingerprint density at radius 1 is 1.25 bits per heavy atom. The minimum Gasteiger partial charge on any atom is -0.314 e. The smallest absolute Gasteiger partial charge is 0.00698 e. The van der Waals surface area contributed by atoms with Crippen molar-refractivity contribution in [3.63, 3.8) is 0 Å². The molecular weight excluding hydrogens is 196 g/mol. The Morgan fingerprint density at radius 2 is 2.00 bits per heavy atom. The molecule has 3 unspecified atom stereocenters. The van der Waals surface area contributed by atoms with Crippen LogP contribution in [0.1, 0.15) is 46.0 Å². The standard InChI is InChI=1S/C14H28N2/c1-12-5-6-14(9-12)15-10-13(2)11-16-7-3-4-8-16/h12-15H,3-11H2,1-2H3. The Labute approximate surface area is 101 Å². The lowest BCUT2D eigenvalue weighted by atomic mass is 10.1. The second-order valence-electron chi connectivity index (χ2n) is 6.14. The summed E-state index contributed by atoms with van der Waals surface area (Å²) in [5.41, 5.74) is 0. The van der Waals surface area contributed by atoms with E-state index in [0.717, 1.165) is 17.9 Å². The van der Waals surface area contributed by atoms with Crippen molar-refractivity contribution in [2.24, 2.45) is 11.8 Å². The first-order chi connectivity index (χ1) is 7.74. The van der Waals surface area contributed by atoms with Crippen molar-refractivity contribution >= 4 is 0 Å². The molecule has 2 fully saturated rings. The van der Waals surface area contributed by atoms with E-state index < -0.39 is 0 Å². The number of nitrogens with one attached hydrogen (secondary N) is 1. The monoisotopic (exact) mass is 224 g/mol. The number of rotatable bonds is 5. The third kappa shape index (κ3) is 3.74. The molecule has 1 saturated heterocycles. The Bertz CT molecular complexity index is 199. The van der Waals surface area contributed by atoms with E-state index in [2.05, 4.69) is 24.1 Å². The SMILES string of the molecule is CC1CCC(NCC(C)CN2CCCC2)C1. The molecule has 1 heterocycles. The van der Waals surface area contributed by atoms with Gasteiger partial charge in [-0.25, -0.2) is 0 Å². The van der Waals surface area contributed by atoms with E-state index in [4.69, 9.17) is 0 Å². The lowest BCUT2D eigenvalue weighted by molar-refractivity contribution is 0.277. The molecule has 1 N–H and O–H groups in total. The fourth-order valence-electron chi connectivity index (χ4n) is 3.23. The average molecular weight is 224 g/mol. The maximum atomic E-state index is 3.76. The average Bonchev–Trinajstić information content (AvgIpc) is 2.87.